The Bertz CT molecular complexity index is 1050. The van der Waals surface area contributed by atoms with Crippen LogP contribution in [0.3, 0.4) is 0 Å². The molecule has 4 rings (SSSR count). The summed E-state index contributed by atoms with van der Waals surface area (Å²) in [6.07, 6.45) is 0. The number of aromatic nitrogens is 2. The highest BCUT2D eigenvalue weighted by Crippen LogP contribution is 2.27. The number of furan rings is 1. The zero-order chi connectivity index (χ0) is 19.0. The van der Waals surface area contributed by atoms with Crippen LogP contribution in [0.4, 0.5) is 5.69 Å². The van der Waals surface area contributed by atoms with Crippen LogP contribution in [0.15, 0.2) is 50.3 Å². The van der Waals surface area contributed by atoms with Gasteiger partial charge in [-0.15, -0.1) is 10.2 Å². The second-order valence-corrected chi connectivity index (χ2v) is 8.34. The van der Waals surface area contributed by atoms with Crippen LogP contribution in [-0.2, 0) is 10.0 Å². The van der Waals surface area contributed by atoms with Gasteiger partial charge in [0, 0.05) is 38.8 Å². The van der Waals surface area contributed by atoms with E-state index in [1.54, 1.807) is 6.92 Å². The van der Waals surface area contributed by atoms with Crippen molar-refractivity contribution in [1.82, 2.24) is 14.5 Å². The fraction of sp³-hybridized carbons (Fsp3) is 0.333. The molecule has 142 valence electrons. The van der Waals surface area contributed by atoms with Gasteiger partial charge in [0.25, 0.3) is 15.9 Å². The zero-order valence-corrected chi connectivity index (χ0v) is 15.9. The van der Waals surface area contributed by atoms with Crippen LogP contribution in [0.5, 0.6) is 0 Å². The Labute approximate surface area is 157 Å². The van der Waals surface area contributed by atoms with Gasteiger partial charge in [-0.05, 0) is 36.8 Å². The summed E-state index contributed by atoms with van der Waals surface area (Å²) < 4.78 is 38.0. The average Bonchev–Trinajstić information content (AvgIpc) is 3.31. The number of piperazine rings is 1. The molecule has 0 bridgehead atoms. The van der Waals surface area contributed by atoms with Crippen molar-refractivity contribution in [1.29, 1.82) is 0 Å². The number of aryl methyl sites for hydroxylation is 2. The SMILES string of the molecule is Cc1cccc(N2CCN(S(=O)(=O)c3ccc(-c4nnc(C)o4)o3)CC2)c1. The Balaban J connectivity index is 1.48. The van der Waals surface area contributed by atoms with Gasteiger partial charge in [0.15, 0.2) is 5.76 Å². The Hall–Kier alpha value is -2.65. The molecule has 9 heteroatoms. The molecular formula is C18H20N4O4S. The summed E-state index contributed by atoms with van der Waals surface area (Å²) in [6.45, 7) is 5.74. The molecular weight excluding hydrogens is 368 g/mol. The summed E-state index contributed by atoms with van der Waals surface area (Å²) in [5.41, 5.74) is 2.29. The summed E-state index contributed by atoms with van der Waals surface area (Å²) in [5.74, 6) is 0.795. The lowest BCUT2D eigenvalue weighted by molar-refractivity contribution is 0.361. The van der Waals surface area contributed by atoms with Crippen molar-refractivity contribution in [3.8, 4) is 11.7 Å². The minimum absolute atomic E-state index is 0.114. The molecule has 3 aromatic rings. The van der Waals surface area contributed by atoms with E-state index in [1.165, 1.54) is 22.0 Å². The van der Waals surface area contributed by atoms with Crippen molar-refractivity contribution in [3.63, 3.8) is 0 Å². The van der Waals surface area contributed by atoms with Crippen molar-refractivity contribution in [2.24, 2.45) is 0 Å². The number of benzene rings is 1. The lowest BCUT2D eigenvalue weighted by Gasteiger charge is -2.35. The second-order valence-electron chi connectivity index (χ2n) is 6.48. The van der Waals surface area contributed by atoms with Gasteiger partial charge in [0.05, 0.1) is 0 Å². The predicted octanol–water partition coefficient (Wildman–Crippen LogP) is 2.46. The second kappa shape index (κ2) is 6.82. The molecule has 1 aromatic carbocycles. The van der Waals surface area contributed by atoms with Crippen LogP contribution in [0.2, 0.25) is 0 Å². The maximum Gasteiger partial charge on any atom is 0.283 e. The normalized spacial score (nSPS) is 16.0. The molecule has 0 unspecified atom stereocenters. The predicted molar refractivity (Wildman–Crippen MR) is 98.9 cm³/mol. The number of hydrogen-bond donors (Lipinski definition) is 0. The third-order valence-electron chi connectivity index (χ3n) is 4.52. The molecule has 27 heavy (non-hydrogen) atoms. The van der Waals surface area contributed by atoms with Crippen LogP contribution in [0.1, 0.15) is 11.5 Å². The van der Waals surface area contributed by atoms with Crippen molar-refractivity contribution < 1.29 is 17.3 Å². The zero-order valence-electron chi connectivity index (χ0n) is 15.1. The molecule has 0 aliphatic carbocycles. The van der Waals surface area contributed by atoms with E-state index in [4.69, 9.17) is 8.83 Å². The lowest BCUT2D eigenvalue weighted by Crippen LogP contribution is -2.48. The van der Waals surface area contributed by atoms with E-state index >= 15 is 0 Å². The van der Waals surface area contributed by atoms with Crippen LogP contribution in [0, 0.1) is 13.8 Å². The van der Waals surface area contributed by atoms with Gasteiger partial charge in [-0.1, -0.05) is 12.1 Å². The van der Waals surface area contributed by atoms with Gasteiger partial charge >= 0.3 is 0 Å². The van der Waals surface area contributed by atoms with Crippen LogP contribution >= 0.6 is 0 Å². The van der Waals surface area contributed by atoms with Gasteiger partial charge in [-0.25, -0.2) is 8.42 Å². The van der Waals surface area contributed by atoms with Crippen LogP contribution < -0.4 is 4.90 Å². The van der Waals surface area contributed by atoms with Gasteiger partial charge in [-0.3, -0.25) is 0 Å². The van der Waals surface area contributed by atoms with E-state index in [1.807, 2.05) is 25.1 Å². The standard InChI is InChI=1S/C18H20N4O4S/c1-13-4-3-5-15(12-13)21-8-10-22(11-9-21)27(23,24)17-7-6-16(26-17)18-20-19-14(2)25-18/h3-7,12H,8-11H2,1-2H3. The van der Waals surface area contributed by atoms with E-state index in [-0.39, 0.29) is 16.7 Å². The highest BCUT2D eigenvalue weighted by Gasteiger charge is 2.31. The van der Waals surface area contributed by atoms with E-state index < -0.39 is 10.0 Å². The third-order valence-corrected chi connectivity index (χ3v) is 6.29. The fourth-order valence-corrected chi connectivity index (χ4v) is 4.44. The summed E-state index contributed by atoms with van der Waals surface area (Å²) in [5, 5.41) is 7.46. The highest BCUT2D eigenvalue weighted by molar-refractivity contribution is 7.89. The molecule has 0 amide bonds. The summed E-state index contributed by atoms with van der Waals surface area (Å²) in [7, 11) is -3.71. The van der Waals surface area contributed by atoms with E-state index in [9.17, 15) is 8.42 Å². The number of sulfonamides is 1. The maximum absolute atomic E-state index is 12.9. The molecule has 1 aliphatic rings. The minimum atomic E-state index is -3.71. The first-order valence-corrected chi connectivity index (χ1v) is 10.1. The molecule has 0 atom stereocenters. The van der Waals surface area contributed by atoms with Crippen molar-refractivity contribution in [3.05, 3.63) is 47.9 Å². The summed E-state index contributed by atoms with van der Waals surface area (Å²) >= 11 is 0. The van der Waals surface area contributed by atoms with Crippen LogP contribution in [-0.4, -0.2) is 49.1 Å². The van der Waals surface area contributed by atoms with Gasteiger partial charge in [0.2, 0.25) is 11.0 Å². The minimum Gasteiger partial charge on any atom is -0.438 e. The Morgan fingerprint density at radius 1 is 0.963 bits per heavy atom. The average molecular weight is 388 g/mol. The topological polar surface area (TPSA) is 92.7 Å². The number of anilines is 1. The van der Waals surface area contributed by atoms with Crippen LogP contribution in [0.25, 0.3) is 11.7 Å². The Morgan fingerprint density at radius 2 is 1.74 bits per heavy atom. The smallest absolute Gasteiger partial charge is 0.283 e. The summed E-state index contributed by atoms with van der Waals surface area (Å²) in [6, 6.07) is 11.2. The van der Waals surface area contributed by atoms with E-state index in [0.717, 1.165) is 5.69 Å². The molecule has 0 N–H and O–H groups in total. The Kier molecular flexibility index (Phi) is 4.48. The van der Waals surface area contributed by atoms with Crippen molar-refractivity contribution in [2.75, 3.05) is 31.1 Å². The number of rotatable bonds is 4. The van der Waals surface area contributed by atoms with E-state index in [0.29, 0.717) is 32.1 Å². The molecule has 2 aromatic heterocycles. The van der Waals surface area contributed by atoms with Crippen molar-refractivity contribution >= 4 is 15.7 Å². The third kappa shape index (κ3) is 3.47. The molecule has 1 aliphatic heterocycles. The first-order chi connectivity index (χ1) is 12.9. The van der Waals surface area contributed by atoms with Gasteiger partial charge in [0.1, 0.15) is 0 Å². The quantitative estimate of drug-likeness (QED) is 0.678. The first-order valence-electron chi connectivity index (χ1n) is 8.65. The van der Waals surface area contributed by atoms with E-state index in [2.05, 4.69) is 21.2 Å². The maximum atomic E-state index is 12.9. The summed E-state index contributed by atoms with van der Waals surface area (Å²) in [4.78, 5) is 2.19. The molecule has 0 spiro atoms. The lowest BCUT2D eigenvalue weighted by atomic mass is 10.2. The number of nitrogens with zero attached hydrogens (tertiary/aromatic N) is 4. The van der Waals surface area contributed by atoms with Crippen molar-refractivity contribution in [2.45, 2.75) is 18.9 Å². The molecule has 1 saturated heterocycles. The van der Waals surface area contributed by atoms with Gasteiger partial charge in [-0.2, -0.15) is 4.31 Å². The largest absolute Gasteiger partial charge is 0.438 e. The highest BCUT2D eigenvalue weighted by atomic mass is 32.2. The number of hydrogen-bond acceptors (Lipinski definition) is 7. The molecule has 0 saturated carbocycles. The molecule has 3 heterocycles. The fourth-order valence-electron chi connectivity index (χ4n) is 3.11. The molecule has 1 fully saturated rings. The molecule has 8 nitrogen and oxygen atoms in total. The first kappa shape index (κ1) is 17.7. The molecule has 0 radical (unpaired) electrons. The van der Waals surface area contributed by atoms with Gasteiger partial charge < -0.3 is 13.7 Å². The monoisotopic (exact) mass is 388 g/mol. The Morgan fingerprint density at radius 3 is 2.41 bits per heavy atom.